The normalized spacial score (nSPS) is 25.6. The van der Waals surface area contributed by atoms with Crippen molar-refractivity contribution < 1.29 is 33.9 Å². The molecule has 0 bridgehead atoms. The Hall–Kier alpha value is -1.86. The van der Waals surface area contributed by atoms with Crippen molar-refractivity contribution in [3.63, 3.8) is 0 Å². The molecule has 0 aromatic rings. The molecule has 2 N–H and O–H groups in total. The lowest BCUT2D eigenvalue weighted by Gasteiger charge is -2.39. The molecule has 3 fully saturated rings. The van der Waals surface area contributed by atoms with Gasteiger partial charge in [-0.05, 0) is 13.2 Å². The monoisotopic (exact) mass is 286 g/mol. The molecule has 0 radical (unpaired) electrons. The molecule has 1 spiro atoms. The van der Waals surface area contributed by atoms with E-state index in [0.717, 1.165) is 0 Å². The van der Waals surface area contributed by atoms with Crippen LogP contribution in [0.1, 0.15) is 6.42 Å². The van der Waals surface area contributed by atoms with Gasteiger partial charge in [-0.1, -0.05) is 6.58 Å². The van der Waals surface area contributed by atoms with Gasteiger partial charge in [0.15, 0.2) is 0 Å². The first-order valence-electron chi connectivity index (χ1n) is 6.01. The maximum Gasteiger partial charge on any atom is 0.328 e. The lowest BCUT2D eigenvalue weighted by atomic mass is 9.91. The summed E-state index contributed by atoms with van der Waals surface area (Å²) in [6, 6.07) is 0. The number of aliphatic hydroxyl groups is 2. The van der Waals surface area contributed by atoms with Crippen molar-refractivity contribution in [2.75, 3.05) is 26.4 Å². The van der Waals surface area contributed by atoms with Crippen LogP contribution in [0.25, 0.3) is 0 Å². The van der Waals surface area contributed by atoms with Gasteiger partial charge in [0.05, 0.1) is 6.42 Å². The van der Waals surface area contributed by atoms with Crippen molar-refractivity contribution >= 4 is 0 Å². The fourth-order valence-corrected chi connectivity index (χ4v) is 1.75. The van der Waals surface area contributed by atoms with Gasteiger partial charge in [0.2, 0.25) is 0 Å². The van der Waals surface area contributed by atoms with E-state index in [2.05, 4.69) is 24.5 Å². The molecule has 0 unspecified atom stereocenters. The zero-order valence-corrected chi connectivity index (χ0v) is 11.1. The Bertz CT molecular complexity index is 367. The summed E-state index contributed by atoms with van der Waals surface area (Å²) >= 11 is 0. The Morgan fingerprint density at radius 1 is 0.800 bits per heavy atom. The summed E-state index contributed by atoms with van der Waals surface area (Å²) in [4.78, 5) is 0. The molecule has 112 valence electrons. The third-order valence-corrected chi connectivity index (χ3v) is 2.89. The minimum absolute atomic E-state index is 0.132. The van der Waals surface area contributed by atoms with E-state index in [1.165, 1.54) is 0 Å². The highest BCUT2D eigenvalue weighted by atomic mass is 16.8. The van der Waals surface area contributed by atoms with Crippen LogP contribution in [-0.2, 0) is 23.7 Å². The molecule has 3 heterocycles. The van der Waals surface area contributed by atoms with Crippen LogP contribution in [0, 0.1) is 5.41 Å². The lowest BCUT2D eigenvalue weighted by molar-refractivity contribution is -0.369. The topological polar surface area (TPSA) is 86.6 Å². The Balaban J connectivity index is 0.000000178. The summed E-state index contributed by atoms with van der Waals surface area (Å²) in [5.74, 6) is -0.744. The largest absolute Gasteiger partial charge is 0.465 e. The average Bonchev–Trinajstić information content (AvgIpc) is 2.35. The third-order valence-electron chi connectivity index (χ3n) is 2.89. The van der Waals surface area contributed by atoms with E-state index in [1.54, 1.807) is 0 Å². The highest BCUT2D eigenvalue weighted by molar-refractivity contribution is 4.95. The minimum Gasteiger partial charge on any atom is -0.465 e. The Morgan fingerprint density at radius 3 is 1.35 bits per heavy atom. The Kier molecular flexibility index (Phi) is 3.82. The van der Waals surface area contributed by atoms with Crippen LogP contribution >= 0.6 is 0 Å². The molecular formula is C13H18O7. The highest BCUT2D eigenvalue weighted by Gasteiger charge is 2.41. The molecule has 0 aliphatic carbocycles. The quantitative estimate of drug-likeness (QED) is 0.629. The molecule has 20 heavy (non-hydrogen) atoms. The van der Waals surface area contributed by atoms with E-state index in [0.29, 0.717) is 44.1 Å². The molecule has 0 saturated carbocycles. The number of rotatable bonds is 0. The van der Waals surface area contributed by atoms with E-state index in [9.17, 15) is 0 Å². The van der Waals surface area contributed by atoms with E-state index >= 15 is 0 Å². The molecule has 3 saturated heterocycles. The van der Waals surface area contributed by atoms with Gasteiger partial charge in [-0.2, -0.15) is 0 Å². The van der Waals surface area contributed by atoms with Gasteiger partial charge in [0, 0.05) is 0 Å². The molecule has 3 aliphatic heterocycles. The summed E-state index contributed by atoms with van der Waals surface area (Å²) in [5.41, 5.74) is -0.192. The molecule has 0 atom stereocenters. The standard InChI is InChI=1S/C9H12O4.C4H6O3/c1-7-10-3-9(4-11-7)5-12-8(2)13-6-9;1-3-2-4(5,6)7-3/h1-6H2;5-6H,1-2H2. The molecule has 0 amide bonds. The second kappa shape index (κ2) is 5.26. The third kappa shape index (κ3) is 3.58. The predicted molar refractivity (Wildman–Crippen MR) is 66.5 cm³/mol. The number of hydrogen-bond acceptors (Lipinski definition) is 7. The van der Waals surface area contributed by atoms with Crippen LogP contribution in [-0.4, -0.2) is 42.6 Å². The van der Waals surface area contributed by atoms with Gasteiger partial charge < -0.3 is 33.9 Å². The molecule has 3 aliphatic rings. The van der Waals surface area contributed by atoms with Crippen LogP contribution in [0.4, 0.5) is 0 Å². The zero-order chi connectivity index (χ0) is 14.8. The first-order valence-corrected chi connectivity index (χ1v) is 6.01. The van der Waals surface area contributed by atoms with Crippen LogP contribution in [0.5, 0.6) is 0 Å². The van der Waals surface area contributed by atoms with Crippen LogP contribution in [0.2, 0.25) is 0 Å². The lowest BCUT2D eigenvalue weighted by Crippen LogP contribution is -2.46. The van der Waals surface area contributed by atoms with Crippen molar-refractivity contribution in [1.82, 2.24) is 0 Å². The van der Waals surface area contributed by atoms with E-state index < -0.39 is 5.97 Å². The fraction of sp³-hybridized carbons (Fsp3) is 0.538. The van der Waals surface area contributed by atoms with Crippen molar-refractivity contribution in [2.24, 2.45) is 5.41 Å². The second-order valence-corrected chi connectivity index (χ2v) is 4.96. The SMILES string of the molecule is C=C1CC(O)(O)O1.C=C1OCC2(CO1)COC(=C)OC2. The highest BCUT2D eigenvalue weighted by Crippen LogP contribution is 2.31. The van der Waals surface area contributed by atoms with Crippen LogP contribution < -0.4 is 0 Å². The molecule has 7 heteroatoms. The van der Waals surface area contributed by atoms with Gasteiger partial charge in [-0.15, -0.1) is 0 Å². The maximum absolute atomic E-state index is 8.36. The van der Waals surface area contributed by atoms with Crippen molar-refractivity contribution in [2.45, 2.75) is 12.4 Å². The fourth-order valence-electron chi connectivity index (χ4n) is 1.75. The first kappa shape index (κ1) is 14.5. The molecule has 3 rings (SSSR count). The first-order chi connectivity index (χ1) is 9.30. The Morgan fingerprint density at radius 2 is 1.15 bits per heavy atom. The summed E-state index contributed by atoms with van der Waals surface area (Å²) in [7, 11) is 0. The minimum atomic E-state index is -1.91. The maximum atomic E-state index is 8.36. The van der Waals surface area contributed by atoms with Gasteiger partial charge in [0.25, 0.3) is 11.9 Å². The summed E-state index contributed by atoms with van der Waals surface area (Å²) in [5, 5.41) is 16.7. The zero-order valence-electron chi connectivity index (χ0n) is 11.1. The van der Waals surface area contributed by atoms with Crippen molar-refractivity contribution in [1.29, 1.82) is 0 Å². The molecule has 0 aromatic heterocycles. The molecule has 7 nitrogen and oxygen atoms in total. The second-order valence-electron chi connectivity index (χ2n) is 4.96. The predicted octanol–water partition coefficient (Wildman–Crippen LogP) is 0.568. The van der Waals surface area contributed by atoms with E-state index in [4.69, 9.17) is 29.2 Å². The van der Waals surface area contributed by atoms with E-state index in [1.807, 2.05) is 0 Å². The number of ether oxygens (including phenoxy) is 5. The van der Waals surface area contributed by atoms with E-state index in [-0.39, 0.29) is 11.8 Å². The molecule has 0 aromatic carbocycles. The Labute approximate surface area is 116 Å². The van der Waals surface area contributed by atoms with Crippen LogP contribution in [0.15, 0.2) is 37.4 Å². The van der Waals surface area contributed by atoms with Gasteiger partial charge in [-0.25, -0.2) is 0 Å². The summed E-state index contributed by atoms with van der Waals surface area (Å²) in [6.45, 7) is 12.5. The summed E-state index contributed by atoms with van der Waals surface area (Å²) < 4.78 is 25.0. The van der Waals surface area contributed by atoms with Gasteiger partial charge >= 0.3 is 5.97 Å². The van der Waals surface area contributed by atoms with Gasteiger partial charge in [0.1, 0.15) is 37.6 Å². The smallest absolute Gasteiger partial charge is 0.328 e. The van der Waals surface area contributed by atoms with Crippen LogP contribution in [0.3, 0.4) is 0 Å². The number of hydrogen-bond donors (Lipinski definition) is 2. The molecular weight excluding hydrogens is 268 g/mol. The van der Waals surface area contributed by atoms with Gasteiger partial charge in [-0.3, -0.25) is 0 Å². The van der Waals surface area contributed by atoms with Crippen molar-refractivity contribution in [3.05, 3.63) is 37.4 Å². The summed E-state index contributed by atoms with van der Waals surface area (Å²) in [6.07, 6.45) is 0.132. The van der Waals surface area contributed by atoms with Crippen molar-refractivity contribution in [3.8, 4) is 0 Å². The average molecular weight is 286 g/mol.